The van der Waals surface area contributed by atoms with Crippen LogP contribution in [0, 0.1) is 116 Å². The van der Waals surface area contributed by atoms with Crippen LogP contribution in [0.15, 0.2) is 91.0 Å². The van der Waals surface area contributed by atoms with E-state index in [0.717, 1.165) is 18.4 Å². The lowest BCUT2D eigenvalue weighted by atomic mass is 9.12. The molecule has 0 atom stereocenters. The molecular formula is C45H21BBrF20OP. The van der Waals surface area contributed by atoms with Crippen molar-refractivity contribution in [3.05, 3.63) is 207 Å². The molecule has 0 fully saturated rings. The van der Waals surface area contributed by atoms with Gasteiger partial charge in [-0.3, -0.25) is 0 Å². The number of hydrogen-bond donors (Lipinski definition) is 0. The van der Waals surface area contributed by atoms with E-state index in [0.29, 0.717) is 0 Å². The molecule has 0 amide bonds. The summed E-state index contributed by atoms with van der Waals surface area (Å²) in [5.41, 5.74) is -14.3. The van der Waals surface area contributed by atoms with Gasteiger partial charge in [-0.1, -0.05) is 70.5 Å². The van der Waals surface area contributed by atoms with Crippen LogP contribution in [0.5, 0.6) is 0 Å². The number of alkyl halides is 1. The summed E-state index contributed by atoms with van der Waals surface area (Å²) in [6.45, 7) is 0.734. The van der Waals surface area contributed by atoms with E-state index in [1.165, 1.54) is 15.9 Å². The Morgan fingerprint density at radius 1 is 0.304 bits per heavy atom. The van der Waals surface area contributed by atoms with Gasteiger partial charge in [-0.2, -0.15) is 0 Å². The van der Waals surface area contributed by atoms with Crippen molar-refractivity contribution in [2.75, 3.05) is 11.9 Å². The van der Waals surface area contributed by atoms with Crippen molar-refractivity contribution in [2.45, 2.75) is 6.42 Å². The van der Waals surface area contributed by atoms with Crippen LogP contribution >= 0.6 is 23.4 Å². The van der Waals surface area contributed by atoms with E-state index in [1.54, 1.807) is 0 Å². The van der Waals surface area contributed by atoms with Crippen LogP contribution in [0.3, 0.4) is 0 Å². The minimum Gasteiger partial charge on any atom is -0.222 e. The van der Waals surface area contributed by atoms with Crippen LogP contribution in [0.2, 0.25) is 0 Å². The SMILES string of the molecule is BrCCCO[P+](c1ccccc1)(c1ccccc1)c1ccccc1.Fc1c(F)c(F)c([B-](c2c(F)c(F)c(F)c(F)c2F)(c2c(F)c(F)c(F)c(F)c2F)c2c(F)c(F)c(F)c(F)c2F)c(F)c1F. The monoisotopic (exact) mass is 1080 g/mol. The van der Waals surface area contributed by atoms with Gasteiger partial charge in [0.1, 0.15) is 68.6 Å². The molecule has 7 aromatic carbocycles. The Balaban J connectivity index is 0.000000273. The van der Waals surface area contributed by atoms with Crippen LogP contribution in [0.25, 0.3) is 0 Å². The van der Waals surface area contributed by atoms with Gasteiger partial charge in [0.2, 0.25) is 7.49 Å². The summed E-state index contributed by atoms with van der Waals surface area (Å²) in [5.74, 6) is -71.4. The molecule has 0 heterocycles. The van der Waals surface area contributed by atoms with Crippen molar-refractivity contribution in [2.24, 2.45) is 0 Å². The van der Waals surface area contributed by atoms with Crippen LogP contribution in [0.1, 0.15) is 6.42 Å². The zero-order valence-corrected chi connectivity index (χ0v) is 36.1. The standard InChI is InChI=1S/C24BF20.C21H21BrOP/c26-5-1(6(27)14(35)21(42)13(5)34)25(2-7(28)15(36)22(43)16(37)8(2)29,3-9(30)17(38)23(44)18(39)10(3)31)4-11(32)19(40)24(45)20(41)12(4)33;22-17-10-18-23-24(19-11-4-1-5-12-19,20-13-6-2-7-14-20)21-15-8-3-9-16-21/h;1-9,11-16H,10,17-18H2/q-1;+1. The van der Waals surface area contributed by atoms with Crippen LogP contribution < -0.4 is 37.8 Å². The molecule has 7 rings (SSSR count). The number of benzene rings is 7. The van der Waals surface area contributed by atoms with Gasteiger partial charge in [0.25, 0.3) is 0 Å². The van der Waals surface area contributed by atoms with E-state index >= 15 is 35.1 Å². The first-order valence-electron chi connectivity index (χ1n) is 19.1. The molecule has 0 saturated carbocycles. The van der Waals surface area contributed by atoms with Gasteiger partial charge in [0, 0.05) is 5.33 Å². The van der Waals surface area contributed by atoms with Crippen LogP contribution in [0.4, 0.5) is 87.8 Å². The molecule has 0 unspecified atom stereocenters. The van der Waals surface area contributed by atoms with Gasteiger partial charge < -0.3 is 0 Å². The molecule has 0 aromatic heterocycles. The average molecular weight is 1080 g/mol. The van der Waals surface area contributed by atoms with Crippen molar-refractivity contribution in [1.82, 2.24) is 0 Å². The van der Waals surface area contributed by atoms with Crippen molar-refractivity contribution in [3.63, 3.8) is 0 Å². The lowest BCUT2D eigenvalue weighted by molar-refractivity contribution is 0.356. The summed E-state index contributed by atoms with van der Waals surface area (Å²) in [7, 11) is -2.10. The van der Waals surface area contributed by atoms with Crippen molar-refractivity contribution in [3.8, 4) is 0 Å². The van der Waals surface area contributed by atoms with E-state index in [-0.39, 0.29) is 0 Å². The molecule has 24 heteroatoms. The Bertz CT molecular complexity index is 2600. The highest BCUT2D eigenvalue weighted by atomic mass is 79.9. The first-order chi connectivity index (χ1) is 32.6. The van der Waals surface area contributed by atoms with Crippen molar-refractivity contribution >= 4 is 67.3 Å². The number of halogens is 21. The number of hydrogen-bond acceptors (Lipinski definition) is 1. The first-order valence-corrected chi connectivity index (χ1v) is 21.9. The predicted molar refractivity (Wildman–Crippen MR) is 219 cm³/mol. The summed E-state index contributed by atoms with van der Waals surface area (Å²) < 4.78 is 301. The number of rotatable bonds is 11. The lowest BCUT2D eigenvalue weighted by Crippen LogP contribution is -2.81. The van der Waals surface area contributed by atoms with Gasteiger partial charge in [0.15, 0.2) is 69.8 Å². The third-order valence-corrected chi connectivity index (χ3v) is 14.8. The summed E-state index contributed by atoms with van der Waals surface area (Å²) in [6.07, 6.45) is -6.22. The topological polar surface area (TPSA) is 9.23 Å². The molecule has 0 aliphatic carbocycles. The third-order valence-electron chi connectivity index (χ3n) is 10.6. The quantitative estimate of drug-likeness (QED) is 0.0239. The largest absolute Gasteiger partial charge is 0.242 e. The maximum absolute atomic E-state index is 15.4. The smallest absolute Gasteiger partial charge is 0.222 e. The first kappa shape index (κ1) is 52.4. The summed E-state index contributed by atoms with van der Waals surface area (Å²) in [4.78, 5) is 0. The minimum absolute atomic E-state index is 0.734. The van der Waals surface area contributed by atoms with Crippen LogP contribution in [-0.2, 0) is 4.52 Å². The van der Waals surface area contributed by atoms with Gasteiger partial charge in [-0.15, -0.1) is 21.9 Å². The fraction of sp³-hybridized carbons (Fsp3) is 0.0667. The van der Waals surface area contributed by atoms with Gasteiger partial charge >= 0.3 is 0 Å². The molecule has 69 heavy (non-hydrogen) atoms. The van der Waals surface area contributed by atoms with E-state index in [9.17, 15) is 52.7 Å². The Kier molecular flexibility index (Phi) is 15.6. The average Bonchev–Trinajstić information content (AvgIpc) is 3.36. The van der Waals surface area contributed by atoms with Gasteiger partial charge in [0.05, 0.1) is 6.61 Å². The van der Waals surface area contributed by atoms with E-state index < -0.39 is 152 Å². The second-order valence-corrected chi connectivity index (χ2v) is 18.1. The van der Waals surface area contributed by atoms with Crippen molar-refractivity contribution < 1.29 is 92.3 Å². The fourth-order valence-corrected chi connectivity index (χ4v) is 11.5. The molecule has 0 N–H and O–H groups in total. The summed E-state index contributed by atoms with van der Waals surface area (Å²) >= 11 is 3.52. The Labute approximate surface area is 384 Å². The maximum Gasteiger partial charge on any atom is 0.242 e. The second-order valence-electron chi connectivity index (χ2n) is 14.3. The van der Waals surface area contributed by atoms with E-state index in [4.69, 9.17) is 4.52 Å². The highest BCUT2D eigenvalue weighted by molar-refractivity contribution is 9.09. The van der Waals surface area contributed by atoms with Gasteiger partial charge in [-0.25, -0.2) is 92.3 Å². The normalized spacial score (nSPS) is 11.8. The molecule has 0 radical (unpaired) electrons. The maximum atomic E-state index is 15.4. The van der Waals surface area contributed by atoms with Gasteiger partial charge in [-0.05, 0) is 42.8 Å². The second kappa shape index (κ2) is 20.6. The predicted octanol–water partition coefficient (Wildman–Crippen LogP) is 10.5. The Hall–Kier alpha value is -5.93. The summed E-state index contributed by atoms with van der Waals surface area (Å²) in [5, 5.41) is 4.73. The van der Waals surface area contributed by atoms with Crippen LogP contribution in [-0.4, -0.2) is 18.1 Å². The zero-order chi connectivity index (χ0) is 51.0. The highest BCUT2D eigenvalue weighted by Gasteiger charge is 2.53. The molecule has 1 nitrogen and oxygen atoms in total. The fourth-order valence-electron chi connectivity index (χ4n) is 7.71. The third kappa shape index (κ3) is 8.53. The summed E-state index contributed by atoms with van der Waals surface area (Å²) in [6, 6.07) is 32.0. The molecule has 362 valence electrons. The highest BCUT2D eigenvalue weighted by Crippen LogP contribution is 2.56. The molecule has 0 bridgehead atoms. The van der Waals surface area contributed by atoms with E-state index in [2.05, 4.69) is 107 Å². The molecule has 0 aliphatic rings. The molecular weight excluding hydrogens is 1060 g/mol. The molecule has 7 aromatic rings. The zero-order valence-electron chi connectivity index (χ0n) is 33.7. The molecule has 0 aliphatic heterocycles. The lowest BCUT2D eigenvalue weighted by Gasteiger charge is -2.44. The van der Waals surface area contributed by atoms with Crippen molar-refractivity contribution in [1.29, 1.82) is 0 Å². The minimum atomic E-state index is -7.22. The Morgan fingerprint density at radius 3 is 0.681 bits per heavy atom. The Morgan fingerprint density at radius 2 is 0.493 bits per heavy atom. The molecule has 0 spiro atoms. The van der Waals surface area contributed by atoms with E-state index in [1.807, 2.05) is 0 Å². The molecule has 0 saturated heterocycles.